The molecule has 0 bridgehead atoms. The van der Waals surface area contributed by atoms with Crippen molar-refractivity contribution in [2.24, 2.45) is 0 Å². The van der Waals surface area contributed by atoms with Gasteiger partial charge in [0.25, 0.3) is 0 Å². The van der Waals surface area contributed by atoms with Gasteiger partial charge in [0, 0.05) is 11.1 Å². The first kappa shape index (κ1) is 18.8. The summed E-state index contributed by atoms with van der Waals surface area (Å²) in [5.74, 6) is 6.82. The smallest absolute Gasteiger partial charge is 0.127 e. The maximum Gasteiger partial charge on any atom is 0.129 e. The van der Waals surface area contributed by atoms with Crippen molar-refractivity contribution in [2.45, 2.75) is 65.5 Å². The summed E-state index contributed by atoms with van der Waals surface area (Å²) in [6.07, 6.45) is 0. The van der Waals surface area contributed by atoms with Crippen molar-refractivity contribution in [3.05, 3.63) is 34.9 Å². The molecule has 0 aliphatic heterocycles. The van der Waals surface area contributed by atoms with Gasteiger partial charge in [-0.1, -0.05) is 78.0 Å². The average Bonchev–Trinajstić information content (AvgIpc) is 2.31. The van der Waals surface area contributed by atoms with E-state index in [-0.39, 0.29) is 5.41 Å². The van der Waals surface area contributed by atoms with Crippen LogP contribution in [0.15, 0.2) is 18.2 Å². The van der Waals surface area contributed by atoms with Crippen LogP contribution in [0.25, 0.3) is 0 Å². The molecule has 0 aliphatic carbocycles. The lowest BCUT2D eigenvalue weighted by molar-refractivity contribution is 0.590. The highest BCUT2D eigenvalue weighted by atomic mass is 28.3. The van der Waals surface area contributed by atoms with Crippen LogP contribution in [-0.4, -0.2) is 16.1 Å². The van der Waals surface area contributed by atoms with Crippen molar-refractivity contribution >= 4 is 16.1 Å². The Balaban J connectivity index is 3.43. The van der Waals surface area contributed by atoms with Crippen LogP contribution in [0.1, 0.15) is 37.5 Å². The Morgan fingerprint density at radius 1 is 0.727 bits per heavy atom. The maximum absolute atomic E-state index is 3.49. The minimum Gasteiger partial charge on any atom is -0.127 e. The fourth-order valence-electron chi connectivity index (χ4n) is 1.73. The molecule has 0 unspecified atom stereocenters. The van der Waals surface area contributed by atoms with Gasteiger partial charge in [0.05, 0.1) is 0 Å². The van der Waals surface area contributed by atoms with Gasteiger partial charge in [-0.25, -0.2) is 0 Å². The van der Waals surface area contributed by atoms with E-state index >= 15 is 0 Å². The van der Waals surface area contributed by atoms with E-state index in [2.05, 4.69) is 101 Å². The molecule has 0 N–H and O–H groups in total. The van der Waals surface area contributed by atoms with Crippen molar-refractivity contribution in [2.75, 3.05) is 0 Å². The summed E-state index contributed by atoms with van der Waals surface area (Å²) in [4.78, 5) is 0. The van der Waals surface area contributed by atoms with Crippen molar-refractivity contribution in [1.29, 1.82) is 0 Å². The van der Waals surface area contributed by atoms with E-state index in [1.165, 1.54) is 5.56 Å². The average molecular weight is 327 g/mol. The third kappa shape index (κ3) is 6.69. The molecule has 0 aromatic heterocycles. The highest BCUT2D eigenvalue weighted by molar-refractivity contribution is 6.84. The van der Waals surface area contributed by atoms with Gasteiger partial charge in [-0.15, -0.1) is 11.1 Å². The second-order valence-corrected chi connectivity index (χ2v) is 18.5. The van der Waals surface area contributed by atoms with Crippen molar-refractivity contribution in [3.63, 3.8) is 0 Å². The summed E-state index contributed by atoms with van der Waals surface area (Å²) >= 11 is 0. The van der Waals surface area contributed by atoms with Crippen molar-refractivity contribution in [3.8, 4) is 22.9 Å². The Labute approximate surface area is 139 Å². The lowest BCUT2D eigenvalue weighted by atomic mass is 9.85. The van der Waals surface area contributed by atoms with Crippen LogP contribution < -0.4 is 0 Å². The van der Waals surface area contributed by atoms with Gasteiger partial charge in [-0.3, -0.25) is 0 Å². The van der Waals surface area contributed by atoms with Crippen LogP contribution in [0.5, 0.6) is 0 Å². The SMILES string of the molecule is CC(C)(C)c1ccc(C#C[Si](C)(C)C)c(C#C[Si](C)(C)C)c1. The molecule has 2 heteroatoms. The van der Waals surface area contributed by atoms with Gasteiger partial charge >= 0.3 is 0 Å². The Morgan fingerprint density at radius 3 is 1.59 bits per heavy atom. The Hall–Kier alpha value is -1.23. The van der Waals surface area contributed by atoms with E-state index in [0.29, 0.717) is 0 Å². The first-order valence-electron chi connectivity index (χ1n) is 7.99. The largest absolute Gasteiger partial charge is 0.129 e. The third-order valence-electron chi connectivity index (χ3n) is 3.03. The standard InChI is InChI=1S/C20H30Si2/c1-20(2,3)19-11-10-17(12-14-21(4,5)6)18(16-19)13-15-22(7,8)9/h10-11,16H,1-9H3. The van der Waals surface area contributed by atoms with Gasteiger partial charge in [-0.2, -0.15) is 0 Å². The van der Waals surface area contributed by atoms with Crippen molar-refractivity contribution < 1.29 is 0 Å². The summed E-state index contributed by atoms with van der Waals surface area (Å²) in [6.45, 7) is 20.4. The Bertz CT molecular complexity index is 655. The monoisotopic (exact) mass is 326 g/mol. The minimum atomic E-state index is -1.39. The van der Waals surface area contributed by atoms with Gasteiger partial charge in [0.2, 0.25) is 0 Å². The predicted octanol–water partition coefficient (Wildman–Crippen LogP) is 5.44. The molecule has 0 aliphatic rings. The van der Waals surface area contributed by atoms with Crippen LogP contribution in [0.3, 0.4) is 0 Å². The first-order valence-corrected chi connectivity index (χ1v) is 15.0. The van der Waals surface area contributed by atoms with Crippen molar-refractivity contribution in [1.82, 2.24) is 0 Å². The number of benzene rings is 1. The summed E-state index contributed by atoms with van der Waals surface area (Å²) in [5, 5.41) is 0. The van der Waals surface area contributed by atoms with Crippen LogP contribution >= 0.6 is 0 Å². The fraction of sp³-hybridized carbons (Fsp3) is 0.500. The van der Waals surface area contributed by atoms with E-state index in [1.807, 2.05) is 0 Å². The van der Waals surface area contributed by atoms with E-state index in [4.69, 9.17) is 0 Å². The molecule has 0 amide bonds. The molecule has 1 rings (SSSR count). The lowest BCUT2D eigenvalue weighted by Crippen LogP contribution is -2.17. The first-order chi connectivity index (χ1) is 9.78. The second kappa shape index (κ2) is 6.49. The third-order valence-corrected chi connectivity index (χ3v) is 4.78. The van der Waals surface area contributed by atoms with Crippen LogP contribution in [0, 0.1) is 22.9 Å². The zero-order chi connectivity index (χ0) is 17.2. The summed E-state index contributed by atoms with van der Waals surface area (Å²) in [5.41, 5.74) is 10.6. The minimum absolute atomic E-state index is 0.139. The summed E-state index contributed by atoms with van der Waals surface area (Å²) in [7, 11) is -2.76. The van der Waals surface area contributed by atoms with Gasteiger partial charge in [0.1, 0.15) is 16.1 Å². The molecule has 0 saturated heterocycles. The zero-order valence-corrected chi connectivity index (χ0v) is 17.7. The topological polar surface area (TPSA) is 0 Å². The molecule has 118 valence electrons. The second-order valence-electron chi connectivity index (χ2n) is 9.01. The maximum atomic E-state index is 3.49. The fourth-order valence-corrected chi connectivity index (χ4v) is 2.75. The summed E-state index contributed by atoms with van der Waals surface area (Å²) in [6, 6.07) is 6.59. The number of hydrogen-bond donors (Lipinski definition) is 0. The normalized spacial score (nSPS) is 12.0. The number of hydrogen-bond acceptors (Lipinski definition) is 0. The van der Waals surface area contributed by atoms with E-state index in [1.54, 1.807) is 0 Å². The molecule has 0 radical (unpaired) electrons. The summed E-state index contributed by atoms with van der Waals surface area (Å²) < 4.78 is 0. The molecule has 1 aromatic carbocycles. The molecule has 1 aromatic rings. The molecule has 0 heterocycles. The quantitative estimate of drug-likeness (QED) is 0.440. The van der Waals surface area contributed by atoms with Crippen LogP contribution in [-0.2, 0) is 5.41 Å². The molecule has 0 nitrogen and oxygen atoms in total. The highest BCUT2D eigenvalue weighted by Crippen LogP contribution is 2.24. The van der Waals surface area contributed by atoms with Gasteiger partial charge in [0.15, 0.2) is 0 Å². The van der Waals surface area contributed by atoms with Gasteiger partial charge < -0.3 is 0 Å². The Kier molecular flexibility index (Phi) is 5.55. The number of rotatable bonds is 0. The van der Waals surface area contributed by atoms with Gasteiger partial charge in [-0.05, 0) is 23.1 Å². The van der Waals surface area contributed by atoms with E-state index in [9.17, 15) is 0 Å². The molecule has 0 atom stereocenters. The lowest BCUT2D eigenvalue weighted by Gasteiger charge is -2.19. The van der Waals surface area contributed by atoms with E-state index < -0.39 is 16.1 Å². The molecule has 0 spiro atoms. The molecular formula is C20H30Si2. The molecular weight excluding hydrogens is 296 g/mol. The van der Waals surface area contributed by atoms with Crippen LogP contribution in [0.2, 0.25) is 39.3 Å². The molecule has 22 heavy (non-hydrogen) atoms. The Morgan fingerprint density at radius 2 is 1.18 bits per heavy atom. The van der Waals surface area contributed by atoms with Crippen LogP contribution in [0.4, 0.5) is 0 Å². The molecule has 0 saturated carbocycles. The predicted molar refractivity (Wildman–Crippen MR) is 106 cm³/mol. The van der Waals surface area contributed by atoms with E-state index in [0.717, 1.165) is 11.1 Å². The zero-order valence-electron chi connectivity index (χ0n) is 15.7. The highest BCUT2D eigenvalue weighted by Gasteiger charge is 2.15. The molecule has 0 fully saturated rings.